The van der Waals surface area contributed by atoms with Crippen LogP contribution in [0.15, 0.2) is 106 Å². The third-order valence-corrected chi connectivity index (χ3v) is 21.9. The highest BCUT2D eigenvalue weighted by molar-refractivity contribution is 6.74. The van der Waals surface area contributed by atoms with Crippen LogP contribution in [0.5, 0.6) is 0 Å². The van der Waals surface area contributed by atoms with E-state index in [0.717, 1.165) is 85.7 Å². The number of aliphatic hydroxyl groups is 1. The van der Waals surface area contributed by atoms with E-state index < -0.39 is 14.3 Å². The number of rotatable bonds is 20. The summed E-state index contributed by atoms with van der Waals surface area (Å²) in [6.07, 6.45) is 8.30. The average molecular weight is 1050 g/mol. The van der Waals surface area contributed by atoms with Crippen molar-refractivity contribution in [3.05, 3.63) is 164 Å². The second-order valence-corrected chi connectivity index (χ2v) is 30.2. The minimum atomic E-state index is -1.86. The number of carboxylic acid groups (broad SMARTS) is 1. The first-order valence-corrected chi connectivity index (χ1v) is 31.0. The molecule has 4 aromatic carbocycles. The van der Waals surface area contributed by atoms with Gasteiger partial charge in [-0.05, 0) is 188 Å². The van der Waals surface area contributed by atoms with Crippen molar-refractivity contribution in [2.75, 3.05) is 0 Å². The van der Waals surface area contributed by atoms with Crippen LogP contribution in [-0.4, -0.2) is 43.0 Å². The molecule has 0 spiro atoms. The first-order valence-electron chi connectivity index (χ1n) is 28.1. The smallest absolute Gasteiger partial charge is 0.371 e. The number of aldehydes is 1. The molecule has 0 aliphatic heterocycles. The highest BCUT2D eigenvalue weighted by Crippen LogP contribution is 2.45. The number of aliphatic hydroxyl groups excluding tert-OH is 1. The van der Waals surface area contributed by atoms with Gasteiger partial charge in [0, 0.05) is 22.0 Å². The van der Waals surface area contributed by atoms with E-state index in [1.54, 1.807) is 12.1 Å². The lowest BCUT2D eigenvalue weighted by Crippen LogP contribution is -2.47. The van der Waals surface area contributed by atoms with E-state index in [1.165, 1.54) is 50.6 Å². The van der Waals surface area contributed by atoms with Crippen LogP contribution in [0.4, 0.5) is 0 Å². The van der Waals surface area contributed by atoms with Gasteiger partial charge in [0.2, 0.25) is 5.76 Å². The van der Waals surface area contributed by atoms with Crippen molar-refractivity contribution >= 4 is 20.6 Å². The lowest BCUT2D eigenvalue weighted by Gasteiger charge is -2.43. The SMILES string of the molecule is CCC(CC)(c1ccc(CCC(O)C(C)(C)C)c(C)c1)c1ccc(-c2ccc(C(=O)O)o2)c(C)c1.CCC(CC)(c1ccc(CCC(O[Si](C)(C)C(C)(C)C)C(C)(C)C)c(C)c1)c1ccc(-c2ccc(C=O)o2)c(C)c1. The topological polar surface area (TPSA) is 110 Å². The molecule has 0 aliphatic carbocycles. The summed E-state index contributed by atoms with van der Waals surface area (Å²) < 4.78 is 18.2. The van der Waals surface area contributed by atoms with Crippen LogP contribution < -0.4 is 0 Å². The summed E-state index contributed by atoms with van der Waals surface area (Å²) in [6.45, 7) is 42.6. The molecule has 2 aromatic heterocycles. The normalized spacial score (nSPS) is 13.5. The van der Waals surface area contributed by atoms with E-state index in [4.69, 9.17) is 13.3 Å². The fraction of sp³-hybridized carbons (Fsp3) is 0.500. The van der Waals surface area contributed by atoms with Crippen LogP contribution in [0.25, 0.3) is 22.6 Å². The van der Waals surface area contributed by atoms with Crippen LogP contribution in [0.3, 0.4) is 0 Å². The molecule has 0 bridgehead atoms. The van der Waals surface area contributed by atoms with Gasteiger partial charge in [-0.1, -0.05) is 163 Å². The Balaban J connectivity index is 0.000000284. The number of benzene rings is 4. The number of carbonyl (C=O) groups is 2. The van der Waals surface area contributed by atoms with Gasteiger partial charge in [-0.25, -0.2) is 4.79 Å². The van der Waals surface area contributed by atoms with Crippen molar-refractivity contribution in [1.29, 1.82) is 0 Å². The Hall–Kier alpha value is -5.28. The standard InChI is InChI=1S/C37H54O3Si.C31H40O4/c1-13-37(14-2,30-18-20-32(27(4)24-30)33-21-19-31(25-38)39-33)29-17-15-28(26(3)23-29)16-22-34(35(5,6)7)40-41(11,12)36(8,9)10;1-8-31(9-2,23-12-10-22(20(3)18-23)11-17-28(32)30(5,6)7)24-13-14-25(21(4)19-24)26-15-16-27(35-26)29(33)34/h15,17-21,23-25,34H,13-14,16,22H2,1-12H3;10,12-16,18-19,28,32H,8-9,11,17H2,1-7H3,(H,33,34). The Labute approximate surface area is 459 Å². The summed E-state index contributed by atoms with van der Waals surface area (Å²) >= 11 is 0. The largest absolute Gasteiger partial charge is 0.475 e. The van der Waals surface area contributed by atoms with Gasteiger partial charge < -0.3 is 23.5 Å². The maximum absolute atomic E-state index is 11.2. The molecule has 0 amide bonds. The minimum Gasteiger partial charge on any atom is -0.475 e. The zero-order valence-corrected chi connectivity index (χ0v) is 51.1. The van der Waals surface area contributed by atoms with Crippen molar-refractivity contribution in [2.45, 2.75) is 210 Å². The molecule has 0 radical (unpaired) electrons. The monoisotopic (exact) mass is 1050 g/mol. The van der Waals surface area contributed by atoms with Crippen LogP contribution in [0.1, 0.15) is 205 Å². The van der Waals surface area contributed by atoms with Crippen molar-refractivity contribution < 1.29 is 33.1 Å². The van der Waals surface area contributed by atoms with Crippen molar-refractivity contribution in [3.63, 3.8) is 0 Å². The van der Waals surface area contributed by atoms with E-state index in [-0.39, 0.29) is 44.7 Å². The third kappa shape index (κ3) is 13.9. The Morgan fingerprint density at radius 1 is 0.566 bits per heavy atom. The van der Waals surface area contributed by atoms with Crippen LogP contribution in [0, 0.1) is 38.5 Å². The van der Waals surface area contributed by atoms with Crippen LogP contribution in [-0.2, 0) is 28.1 Å². The van der Waals surface area contributed by atoms with E-state index in [9.17, 15) is 19.8 Å². The average Bonchev–Trinajstić information content (AvgIpc) is 4.05. The molecule has 2 heterocycles. The zero-order valence-electron chi connectivity index (χ0n) is 50.1. The summed E-state index contributed by atoms with van der Waals surface area (Å²) in [4.78, 5) is 22.3. The van der Waals surface area contributed by atoms with Gasteiger partial charge in [-0.15, -0.1) is 0 Å². The van der Waals surface area contributed by atoms with Crippen LogP contribution in [0.2, 0.25) is 18.1 Å². The van der Waals surface area contributed by atoms with E-state index in [0.29, 0.717) is 11.5 Å². The van der Waals surface area contributed by atoms with Gasteiger partial charge in [0.25, 0.3) is 0 Å². The number of carboxylic acids is 1. The second-order valence-electron chi connectivity index (χ2n) is 25.4. The molecule has 2 atom stereocenters. The van der Waals surface area contributed by atoms with Crippen molar-refractivity contribution in [2.24, 2.45) is 10.8 Å². The Bertz CT molecular complexity index is 2900. The van der Waals surface area contributed by atoms with Gasteiger partial charge in [0.1, 0.15) is 11.5 Å². The molecule has 412 valence electrons. The van der Waals surface area contributed by atoms with E-state index >= 15 is 0 Å². The first kappa shape index (κ1) is 61.6. The van der Waals surface area contributed by atoms with Crippen LogP contribution >= 0.6 is 0 Å². The molecule has 2 unspecified atom stereocenters. The minimum absolute atomic E-state index is 0.0504. The maximum atomic E-state index is 11.2. The summed E-state index contributed by atoms with van der Waals surface area (Å²) in [5.41, 5.74) is 14.5. The zero-order chi connectivity index (χ0) is 56.8. The number of aromatic carboxylic acids is 1. The molecule has 2 N–H and O–H groups in total. The highest BCUT2D eigenvalue weighted by atomic mass is 28.4. The lowest BCUT2D eigenvalue weighted by atomic mass is 9.69. The van der Waals surface area contributed by atoms with Gasteiger partial charge in [0.15, 0.2) is 20.4 Å². The molecular formula is C68H94O7Si. The molecule has 6 aromatic rings. The molecule has 76 heavy (non-hydrogen) atoms. The van der Waals surface area contributed by atoms with Gasteiger partial charge in [-0.3, -0.25) is 4.79 Å². The highest BCUT2D eigenvalue weighted by Gasteiger charge is 2.42. The Morgan fingerprint density at radius 2 is 0.974 bits per heavy atom. The summed E-state index contributed by atoms with van der Waals surface area (Å²) in [7, 11) is -1.86. The first-order chi connectivity index (χ1) is 35.4. The number of aryl methyl sites for hydroxylation is 6. The second kappa shape index (κ2) is 24.6. The molecule has 0 saturated carbocycles. The van der Waals surface area contributed by atoms with Crippen molar-refractivity contribution in [3.8, 4) is 22.6 Å². The lowest BCUT2D eigenvalue weighted by molar-refractivity contribution is 0.0559. The van der Waals surface area contributed by atoms with E-state index in [1.807, 2.05) is 19.1 Å². The predicted octanol–water partition coefficient (Wildman–Crippen LogP) is 18.6. The molecule has 0 fully saturated rings. The number of furan rings is 2. The summed E-state index contributed by atoms with van der Waals surface area (Å²) in [5.74, 6) is 0.554. The van der Waals surface area contributed by atoms with Gasteiger partial charge in [0.05, 0.1) is 12.2 Å². The number of hydrogen-bond acceptors (Lipinski definition) is 6. The molecule has 7 nitrogen and oxygen atoms in total. The Morgan fingerprint density at radius 3 is 1.32 bits per heavy atom. The quantitative estimate of drug-likeness (QED) is 0.0579. The van der Waals surface area contributed by atoms with Gasteiger partial charge >= 0.3 is 5.97 Å². The molecule has 8 heteroatoms. The molecule has 0 aliphatic rings. The molecule has 6 rings (SSSR count). The van der Waals surface area contributed by atoms with E-state index in [2.05, 4.69) is 191 Å². The summed E-state index contributed by atoms with van der Waals surface area (Å²) in [6, 6.07) is 33.9. The molecule has 0 saturated heterocycles. The third-order valence-electron chi connectivity index (χ3n) is 17.4. The predicted molar refractivity (Wildman–Crippen MR) is 319 cm³/mol. The number of carbonyl (C=O) groups excluding carboxylic acids is 1. The number of hydrogen-bond donors (Lipinski definition) is 2. The fourth-order valence-corrected chi connectivity index (χ4v) is 12.4. The van der Waals surface area contributed by atoms with Crippen molar-refractivity contribution in [1.82, 2.24) is 0 Å². The summed E-state index contributed by atoms with van der Waals surface area (Å²) in [5, 5.41) is 19.9. The molecular weight excluding hydrogens is 957 g/mol. The Kier molecular flexibility index (Phi) is 19.9. The van der Waals surface area contributed by atoms with Gasteiger partial charge in [-0.2, -0.15) is 0 Å². The fourth-order valence-electron chi connectivity index (χ4n) is 10.9. The maximum Gasteiger partial charge on any atom is 0.371 e.